The fourth-order valence-electron chi connectivity index (χ4n) is 5.73. The van der Waals surface area contributed by atoms with E-state index in [2.05, 4.69) is 50.3 Å². The molecule has 0 unspecified atom stereocenters. The highest BCUT2D eigenvalue weighted by Crippen LogP contribution is 2.42. The Bertz CT molecular complexity index is 767. The molecule has 0 atom stereocenters. The van der Waals surface area contributed by atoms with Gasteiger partial charge in [0.25, 0.3) is 0 Å². The third-order valence-corrected chi connectivity index (χ3v) is 8.69. The van der Waals surface area contributed by atoms with Crippen molar-refractivity contribution in [2.45, 2.75) is 84.5 Å². The third kappa shape index (κ3) is 4.90. The first-order valence-corrected chi connectivity index (χ1v) is 12.8. The molecule has 2 aromatic rings. The van der Waals surface area contributed by atoms with Crippen molar-refractivity contribution in [3.8, 4) is 0 Å². The molecule has 1 heteroatoms. The lowest BCUT2D eigenvalue weighted by atomic mass is 9.69. The molecule has 2 saturated carbocycles. The Morgan fingerprint density at radius 3 is 2.29 bits per heavy atom. The number of fused-ring (bicyclic) bond motifs is 1. The zero-order valence-corrected chi connectivity index (χ0v) is 18.8. The number of aryl methyl sites for hydroxylation is 1. The van der Waals surface area contributed by atoms with Crippen LogP contribution in [0.2, 0.25) is 0 Å². The smallest absolute Gasteiger partial charge is 0.0351 e. The van der Waals surface area contributed by atoms with Gasteiger partial charge < -0.3 is 0 Å². The first kappa shape index (κ1) is 20.2. The second-order valence-electron chi connectivity index (χ2n) is 9.49. The fourth-order valence-corrected chi connectivity index (χ4v) is 6.77. The average molecular weight is 395 g/mol. The van der Waals surface area contributed by atoms with Gasteiger partial charge in [-0.25, -0.2) is 0 Å². The Balaban J connectivity index is 1.30. The lowest BCUT2D eigenvalue weighted by Crippen LogP contribution is -2.25. The summed E-state index contributed by atoms with van der Waals surface area (Å²) in [6.07, 6.45) is 20.6. The largest absolute Gasteiger partial charge is 0.136 e. The van der Waals surface area contributed by atoms with Gasteiger partial charge in [0, 0.05) is 9.58 Å². The van der Waals surface area contributed by atoms with Crippen LogP contribution in [0.25, 0.3) is 16.2 Å². The van der Waals surface area contributed by atoms with E-state index in [1.807, 2.05) is 11.3 Å². The van der Waals surface area contributed by atoms with Gasteiger partial charge in [-0.05, 0) is 97.8 Å². The van der Waals surface area contributed by atoms with E-state index in [1.165, 1.54) is 91.2 Å². The van der Waals surface area contributed by atoms with Gasteiger partial charge in [0.15, 0.2) is 0 Å². The molecule has 152 valence electrons. The third-order valence-electron chi connectivity index (χ3n) is 7.63. The molecule has 0 bridgehead atoms. The van der Waals surface area contributed by atoms with Crippen LogP contribution in [0.1, 0.15) is 88.5 Å². The highest BCUT2D eigenvalue weighted by atomic mass is 32.1. The van der Waals surface area contributed by atoms with E-state index in [0.717, 1.165) is 23.7 Å². The van der Waals surface area contributed by atoms with Gasteiger partial charge in [-0.2, -0.15) is 0 Å². The van der Waals surface area contributed by atoms with Gasteiger partial charge in [-0.15, -0.1) is 11.3 Å². The monoisotopic (exact) mass is 394 g/mol. The number of rotatable bonds is 6. The number of thiophene rings is 1. The zero-order valence-electron chi connectivity index (χ0n) is 18.0. The van der Waals surface area contributed by atoms with Crippen LogP contribution in [0.3, 0.4) is 0 Å². The molecule has 0 nitrogen and oxygen atoms in total. The molecule has 0 spiro atoms. The molecule has 1 aromatic carbocycles. The van der Waals surface area contributed by atoms with Gasteiger partial charge in [-0.3, -0.25) is 0 Å². The number of benzene rings is 1. The minimum absolute atomic E-state index is 0.809. The zero-order chi connectivity index (χ0) is 19.3. The van der Waals surface area contributed by atoms with E-state index >= 15 is 0 Å². The maximum absolute atomic E-state index is 2.53. The van der Waals surface area contributed by atoms with Crippen molar-refractivity contribution in [3.63, 3.8) is 0 Å². The summed E-state index contributed by atoms with van der Waals surface area (Å²) >= 11 is 1.96. The van der Waals surface area contributed by atoms with Gasteiger partial charge in [0.05, 0.1) is 0 Å². The molecule has 0 aliphatic heterocycles. The number of hydrogen-bond acceptors (Lipinski definition) is 1. The Morgan fingerprint density at radius 1 is 0.893 bits per heavy atom. The molecule has 0 amide bonds. The predicted molar refractivity (Wildman–Crippen MR) is 126 cm³/mol. The lowest BCUT2D eigenvalue weighted by Gasteiger charge is -2.37. The molecule has 0 saturated heterocycles. The van der Waals surface area contributed by atoms with E-state index in [-0.39, 0.29) is 0 Å². The predicted octanol–water partition coefficient (Wildman–Crippen LogP) is 8.89. The Labute approximate surface area is 176 Å². The summed E-state index contributed by atoms with van der Waals surface area (Å²) in [4.78, 5) is 1.43. The number of allylic oxidation sites excluding steroid dienone is 1. The van der Waals surface area contributed by atoms with Gasteiger partial charge >= 0.3 is 0 Å². The molecular weight excluding hydrogens is 356 g/mol. The van der Waals surface area contributed by atoms with Crippen molar-refractivity contribution in [3.05, 3.63) is 40.8 Å². The molecule has 2 aliphatic carbocycles. The van der Waals surface area contributed by atoms with Crippen LogP contribution in [0.5, 0.6) is 0 Å². The molecule has 0 radical (unpaired) electrons. The van der Waals surface area contributed by atoms with Gasteiger partial charge in [-0.1, -0.05) is 57.7 Å². The average Bonchev–Trinajstić information content (AvgIpc) is 3.15. The minimum atomic E-state index is 0.809. The molecule has 2 fully saturated rings. The minimum Gasteiger partial charge on any atom is -0.136 e. The van der Waals surface area contributed by atoms with Crippen molar-refractivity contribution < 1.29 is 0 Å². The normalized spacial score (nSPS) is 28.9. The second kappa shape index (κ2) is 9.61. The quantitative estimate of drug-likeness (QED) is 0.459. The van der Waals surface area contributed by atoms with E-state index in [1.54, 1.807) is 0 Å². The van der Waals surface area contributed by atoms with Crippen LogP contribution in [0.15, 0.2) is 30.3 Å². The van der Waals surface area contributed by atoms with Crippen molar-refractivity contribution in [2.75, 3.05) is 0 Å². The van der Waals surface area contributed by atoms with Crippen LogP contribution >= 0.6 is 11.3 Å². The second-order valence-corrected chi connectivity index (χ2v) is 10.6. The van der Waals surface area contributed by atoms with Crippen LogP contribution in [-0.2, 0) is 6.42 Å². The first-order valence-electron chi connectivity index (χ1n) is 12.0. The summed E-state index contributed by atoms with van der Waals surface area (Å²) < 4.78 is 1.46. The molecule has 4 rings (SSSR count). The SMILES string of the molecule is CCCc1ccc2cc(/C=C/C3CCC(C4CCC(CC)CC4)CC3)sc2c1. The Kier molecular flexibility index (Phi) is 6.94. The van der Waals surface area contributed by atoms with E-state index in [0.29, 0.717) is 0 Å². The molecule has 2 aliphatic rings. The topological polar surface area (TPSA) is 0 Å². The van der Waals surface area contributed by atoms with Gasteiger partial charge in [0.1, 0.15) is 0 Å². The van der Waals surface area contributed by atoms with Crippen LogP contribution < -0.4 is 0 Å². The lowest BCUT2D eigenvalue weighted by molar-refractivity contribution is 0.154. The highest BCUT2D eigenvalue weighted by molar-refractivity contribution is 7.19. The van der Waals surface area contributed by atoms with Crippen molar-refractivity contribution in [1.29, 1.82) is 0 Å². The van der Waals surface area contributed by atoms with Gasteiger partial charge in [0.2, 0.25) is 0 Å². The van der Waals surface area contributed by atoms with E-state index in [9.17, 15) is 0 Å². The highest BCUT2D eigenvalue weighted by Gasteiger charge is 2.29. The molecule has 0 N–H and O–H groups in total. The first-order chi connectivity index (χ1) is 13.7. The summed E-state index contributed by atoms with van der Waals surface area (Å²) in [6.45, 7) is 4.64. The standard InChI is InChI=1S/C27H38S/c1-3-5-22-10-16-25-19-26(28-27(25)18-22)17-11-21-8-14-24(15-9-21)23-12-6-20(4-2)7-13-23/h10-11,16-21,23-24H,3-9,12-15H2,1-2H3/b17-11+. The van der Waals surface area contributed by atoms with Crippen LogP contribution in [-0.4, -0.2) is 0 Å². The summed E-state index contributed by atoms with van der Waals surface area (Å²) in [5.41, 5.74) is 1.48. The Morgan fingerprint density at radius 2 is 1.61 bits per heavy atom. The van der Waals surface area contributed by atoms with Crippen LogP contribution in [0.4, 0.5) is 0 Å². The van der Waals surface area contributed by atoms with Crippen molar-refractivity contribution in [1.82, 2.24) is 0 Å². The van der Waals surface area contributed by atoms with Crippen molar-refractivity contribution >= 4 is 27.5 Å². The molecule has 1 heterocycles. The van der Waals surface area contributed by atoms with E-state index in [4.69, 9.17) is 0 Å². The van der Waals surface area contributed by atoms with E-state index < -0.39 is 0 Å². The summed E-state index contributed by atoms with van der Waals surface area (Å²) in [7, 11) is 0. The summed E-state index contributed by atoms with van der Waals surface area (Å²) in [5, 5.41) is 1.41. The number of hydrogen-bond donors (Lipinski definition) is 0. The molecule has 28 heavy (non-hydrogen) atoms. The Hall–Kier alpha value is -1.08. The molecular formula is C27H38S. The maximum Gasteiger partial charge on any atom is 0.0351 e. The fraction of sp³-hybridized carbons (Fsp3) is 0.630. The van der Waals surface area contributed by atoms with Crippen LogP contribution in [0, 0.1) is 23.7 Å². The summed E-state index contributed by atoms with van der Waals surface area (Å²) in [6, 6.07) is 9.40. The van der Waals surface area contributed by atoms with Crippen molar-refractivity contribution in [2.24, 2.45) is 23.7 Å². The maximum atomic E-state index is 2.53. The summed E-state index contributed by atoms with van der Waals surface area (Å²) in [5.74, 6) is 3.93. The molecule has 1 aromatic heterocycles.